The van der Waals surface area contributed by atoms with Crippen molar-refractivity contribution in [3.05, 3.63) is 52.3 Å². The standard InChI is InChI=1S/C16H21N3O/c1-3-12(2)13-4-6-14(7-5-13)15-8-9-16(20)19(18-15)11-10-17/h4-9,12H,3,10-11,17H2,1-2H3. The molecule has 1 aromatic heterocycles. The van der Waals surface area contributed by atoms with E-state index >= 15 is 0 Å². The first-order valence-electron chi connectivity index (χ1n) is 7.04. The third kappa shape index (κ3) is 3.14. The molecular weight excluding hydrogens is 250 g/mol. The summed E-state index contributed by atoms with van der Waals surface area (Å²) >= 11 is 0. The van der Waals surface area contributed by atoms with Gasteiger partial charge in [-0.3, -0.25) is 4.79 Å². The Kier molecular flexibility index (Phi) is 4.69. The van der Waals surface area contributed by atoms with Gasteiger partial charge in [0.2, 0.25) is 0 Å². The van der Waals surface area contributed by atoms with Gasteiger partial charge < -0.3 is 5.73 Å². The normalized spacial score (nSPS) is 12.3. The highest BCUT2D eigenvalue weighted by molar-refractivity contribution is 5.58. The first-order valence-corrected chi connectivity index (χ1v) is 7.04. The Balaban J connectivity index is 2.32. The van der Waals surface area contributed by atoms with Gasteiger partial charge in [-0.1, -0.05) is 38.1 Å². The number of benzene rings is 1. The van der Waals surface area contributed by atoms with Crippen LogP contribution >= 0.6 is 0 Å². The van der Waals surface area contributed by atoms with Crippen molar-refractivity contribution < 1.29 is 0 Å². The van der Waals surface area contributed by atoms with E-state index in [0.29, 0.717) is 19.0 Å². The fourth-order valence-electron chi connectivity index (χ4n) is 2.10. The van der Waals surface area contributed by atoms with Crippen LogP contribution in [0.3, 0.4) is 0 Å². The van der Waals surface area contributed by atoms with Gasteiger partial charge in [0, 0.05) is 18.2 Å². The average molecular weight is 271 g/mol. The Morgan fingerprint density at radius 3 is 2.50 bits per heavy atom. The molecule has 0 bridgehead atoms. The largest absolute Gasteiger partial charge is 0.329 e. The summed E-state index contributed by atoms with van der Waals surface area (Å²) in [6.45, 7) is 5.25. The fraction of sp³-hybridized carbons (Fsp3) is 0.375. The summed E-state index contributed by atoms with van der Waals surface area (Å²) in [4.78, 5) is 11.6. The van der Waals surface area contributed by atoms with Crippen LogP contribution in [0.15, 0.2) is 41.2 Å². The summed E-state index contributed by atoms with van der Waals surface area (Å²) in [6.07, 6.45) is 1.12. The van der Waals surface area contributed by atoms with Crippen LogP contribution in [0.1, 0.15) is 31.7 Å². The van der Waals surface area contributed by atoms with Gasteiger partial charge >= 0.3 is 0 Å². The van der Waals surface area contributed by atoms with Crippen molar-refractivity contribution in [2.75, 3.05) is 6.54 Å². The van der Waals surface area contributed by atoms with E-state index in [4.69, 9.17) is 5.73 Å². The maximum atomic E-state index is 11.6. The molecule has 0 aliphatic heterocycles. The molecule has 2 N–H and O–H groups in total. The molecule has 0 spiro atoms. The molecule has 1 aromatic carbocycles. The molecule has 1 heterocycles. The van der Waals surface area contributed by atoms with Crippen molar-refractivity contribution in [2.45, 2.75) is 32.7 Å². The third-order valence-corrected chi connectivity index (χ3v) is 3.60. The van der Waals surface area contributed by atoms with E-state index in [-0.39, 0.29) is 5.56 Å². The minimum Gasteiger partial charge on any atom is -0.329 e. The predicted molar refractivity (Wildman–Crippen MR) is 81.7 cm³/mol. The lowest BCUT2D eigenvalue weighted by Crippen LogP contribution is -2.25. The molecule has 4 nitrogen and oxygen atoms in total. The first kappa shape index (κ1) is 14.5. The Bertz CT molecular complexity index is 616. The molecule has 0 amide bonds. The summed E-state index contributed by atoms with van der Waals surface area (Å²) in [5.41, 5.74) is 8.51. The zero-order valence-corrected chi connectivity index (χ0v) is 12.0. The highest BCUT2D eigenvalue weighted by atomic mass is 16.1. The Labute approximate surface area is 119 Å². The van der Waals surface area contributed by atoms with Gasteiger partial charge in [0.15, 0.2) is 0 Å². The van der Waals surface area contributed by atoms with E-state index < -0.39 is 0 Å². The number of nitrogens with zero attached hydrogens (tertiary/aromatic N) is 2. The van der Waals surface area contributed by atoms with Crippen molar-refractivity contribution in [1.29, 1.82) is 0 Å². The average Bonchev–Trinajstić information content (AvgIpc) is 2.49. The maximum Gasteiger partial charge on any atom is 0.266 e. The second-order valence-electron chi connectivity index (χ2n) is 5.00. The van der Waals surface area contributed by atoms with Crippen LogP contribution in [0.2, 0.25) is 0 Å². The molecule has 2 aromatic rings. The monoisotopic (exact) mass is 271 g/mol. The molecule has 0 aliphatic rings. The summed E-state index contributed by atoms with van der Waals surface area (Å²) < 4.78 is 1.41. The van der Waals surface area contributed by atoms with E-state index in [9.17, 15) is 4.79 Å². The first-order chi connectivity index (χ1) is 9.65. The topological polar surface area (TPSA) is 60.9 Å². The maximum absolute atomic E-state index is 11.6. The molecule has 0 saturated heterocycles. The van der Waals surface area contributed by atoms with Crippen LogP contribution in [0.5, 0.6) is 0 Å². The van der Waals surface area contributed by atoms with Gasteiger partial charge in [0.25, 0.3) is 5.56 Å². The van der Waals surface area contributed by atoms with E-state index in [1.54, 1.807) is 12.1 Å². The van der Waals surface area contributed by atoms with Crippen molar-refractivity contribution in [1.82, 2.24) is 9.78 Å². The van der Waals surface area contributed by atoms with Gasteiger partial charge in [0.05, 0.1) is 12.2 Å². The van der Waals surface area contributed by atoms with Crippen molar-refractivity contribution in [3.8, 4) is 11.3 Å². The van der Waals surface area contributed by atoms with Crippen LogP contribution in [0, 0.1) is 0 Å². The van der Waals surface area contributed by atoms with Crippen LogP contribution < -0.4 is 11.3 Å². The van der Waals surface area contributed by atoms with Crippen LogP contribution in [0.25, 0.3) is 11.3 Å². The van der Waals surface area contributed by atoms with E-state index in [1.807, 2.05) is 0 Å². The zero-order chi connectivity index (χ0) is 14.5. The number of rotatable bonds is 5. The van der Waals surface area contributed by atoms with Crippen LogP contribution in [0.4, 0.5) is 0 Å². The van der Waals surface area contributed by atoms with Gasteiger partial charge in [-0.25, -0.2) is 4.68 Å². The van der Waals surface area contributed by atoms with Gasteiger partial charge in [-0.05, 0) is 24.0 Å². The fourth-order valence-corrected chi connectivity index (χ4v) is 2.10. The lowest BCUT2D eigenvalue weighted by molar-refractivity contribution is 0.590. The second kappa shape index (κ2) is 6.48. The number of nitrogens with two attached hydrogens (primary N) is 1. The van der Waals surface area contributed by atoms with Crippen LogP contribution in [-0.4, -0.2) is 16.3 Å². The summed E-state index contributed by atoms with van der Waals surface area (Å²) in [6, 6.07) is 11.7. The minimum atomic E-state index is -0.115. The molecule has 1 atom stereocenters. The van der Waals surface area contributed by atoms with E-state index in [0.717, 1.165) is 17.7 Å². The van der Waals surface area contributed by atoms with Gasteiger partial charge in [-0.15, -0.1) is 0 Å². The molecule has 0 fully saturated rings. The molecule has 106 valence electrons. The minimum absolute atomic E-state index is 0.115. The summed E-state index contributed by atoms with van der Waals surface area (Å²) in [5.74, 6) is 0.559. The molecule has 0 radical (unpaired) electrons. The van der Waals surface area contributed by atoms with Crippen molar-refractivity contribution in [2.24, 2.45) is 5.73 Å². The van der Waals surface area contributed by atoms with Crippen molar-refractivity contribution >= 4 is 0 Å². The smallest absolute Gasteiger partial charge is 0.266 e. The second-order valence-corrected chi connectivity index (χ2v) is 5.00. The van der Waals surface area contributed by atoms with E-state index in [2.05, 4.69) is 43.2 Å². The Morgan fingerprint density at radius 2 is 1.90 bits per heavy atom. The molecular formula is C16H21N3O. The summed E-state index contributed by atoms with van der Waals surface area (Å²) in [7, 11) is 0. The number of hydrogen-bond acceptors (Lipinski definition) is 3. The molecule has 0 saturated carbocycles. The zero-order valence-electron chi connectivity index (χ0n) is 12.0. The molecule has 1 unspecified atom stereocenters. The molecule has 20 heavy (non-hydrogen) atoms. The van der Waals surface area contributed by atoms with Crippen LogP contribution in [-0.2, 0) is 6.54 Å². The lowest BCUT2D eigenvalue weighted by Gasteiger charge is -2.10. The van der Waals surface area contributed by atoms with Gasteiger partial charge in [-0.2, -0.15) is 5.10 Å². The number of hydrogen-bond donors (Lipinski definition) is 1. The Hall–Kier alpha value is -1.94. The van der Waals surface area contributed by atoms with Gasteiger partial charge in [0.1, 0.15) is 0 Å². The van der Waals surface area contributed by atoms with E-state index in [1.165, 1.54) is 10.2 Å². The predicted octanol–water partition coefficient (Wildman–Crippen LogP) is 2.38. The molecule has 0 aliphatic carbocycles. The molecule has 2 rings (SSSR count). The van der Waals surface area contributed by atoms with Crippen molar-refractivity contribution in [3.63, 3.8) is 0 Å². The number of aromatic nitrogens is 2. The highest BCUT2D eigenvalue weighted by Gasteiger charge is 2.05. The Morgan fingerprint density at radius 1 is 1.20 bits per heavy atom. The molecule has 4 heteroatoms. The highest BCUT2D eigenvalue weighted by Crippen LogP contribution is 2.22. The summed E-state index contributed by atoms with van der Waals surface area (Å²) in [5, 5.41) is 4.35. The lowest BCUT2D eigenvalue weighted by atomic mass is 9.97. The quantitative estimate of drug-likeness (QED) is 0.908. The third-order valence-electron chi connectivity index (χ3n) is 3.60. The SMILES string of the molecule is CCC(C)c1ccc(-c2ccc(=O)n(CCN)n2)cc1.